The maximum Gasteiger partial charge on any atom is 3.00 e. The molecule has 0 atom stereocenters. The molecule has 3 heterocycles. The predicted molar refractivity (Wildman–Crippen MR) is 108 cm³/mol. The van der Waals surface area contributed by atoms with Gasteiger partial charge in [0.1, 0.15) is 5.69 Å². The van der Waals surface area contributed by atoms with Crippen molar-refractivity contribution in [1.82, 2.24) is 4.98 Å². The van der Waals surface area contributed by atoms with Gasteiger partial charge in [-0.3, -0.25) is 0 Å². The second-order valence-electron chi connectivity index (χ2n) is 6.03. The summed E-state index contributed by atoms with van der Waals surface area (Å²) in [6.07, 6.45) is 3.58. The molecule has 142 valence electrons. The Balaban J connectivity index is 0.000000162. The van der Waals surface area contributed by atoms with Crippen LogP contribution in [0.1, 0.15) is 0 Å². The van der Waals surface area contributed by atoms with Crippen LogP contribution in [0.15, 0.2) is 94.4 Å². The van der Waals surface area contributed by atoms with Gasteiger partial charge >= 0.3 is 25.7 Å². The first kappa shape index (κ1) is 20.5. The molecule has 0 radical (unpaired) electrons. The molecule has 0 aliphatic rings. The van der Waals surface area contributed by atoms with Crippen LogP contribution in [-0.4, -0.2) is 4.98 Å². The SMILES string of the molecule is O=c1oc2ccc[c-]c2c2ncccc12.[CH2-][n+]1ccccc1-c1[c-]cccc1.[Ir+3]. The molecule has 0 unspecified atom stereocenters. The van der Waals surface area contributed by atoms with Gasteiger partial charge in [-0.15, -0.1) is 54.6 Å². The molecule has 0 spiro atoms. The Bertz CT molecular complexity index is 1300. The number of benzene rings is 2. The zero-order valence-corrected chi connectivity index (χ0v) is 17.7. The predicted octanol–water partition coefficient (Wildman–Crippen LogP) is 4.22. The van der Waals surface area contributed by atoms with Gasteiger partial charge in [0.05, 0.1) is 6.20 Å². The standard InChI is InChI=1S/C12H6NO2.C12H10N.Ir/c14-12-9-5-3-7-13-11(9)8-4-1-2-6-10(8)15-12;1-13-10-6-5-9-12(13)11-7-3-2-4-8-11;/h1-3,5-7H;2-7,9-10H,1H2;/q2*-1;+3. The van der Waals surface area contributed by atoms with Crippen LogP contribution >= 0.6 is 0 Å². The van der Waals surface area contributed by atoms with Gasteiger partial charge < -0.3 is 14.0 Å². The van der Waals surface area contributed by atoms with E-state index in [1.807, 2.05) is 53.2 Å². The molecule has 0 fully saturated rings. The fourth-order valence-corrected chi connectivity index (χ4v) is 2.89. The molecule has 0 N–H and O–H groups in total. The molecular formula is C24H16IrN2O2+. The number of hydrogen-bond acceptors (Lipinski definition) is 3. The quantitative estimate of drug-likeness (QED) is 0.135. The van der Waals surface area contributed by atoms with Crippen LogP contribution in [-0.2, 0) is 20.1 Å². The fraction of sp³-hybridized carbons (Fsp3) is 0. The van der Waals surface area contributed by atoms with Crippen LogP contribution in [0.25, 0.3) is 33.1 Å². The van der Waals surface area contributed by atoms with E-state index in [-0.39, 0.29) is 25.7 Å². The second kappa shape index (κ2) is 9.28. The van der Waals surface area contributed by atoms with Crippen molar-refractivity contribution in [2.45, 2.75) is 0 Å². The Hall–Kier alpha value is -3.27. The minimum Gasteiger partial charge on any atom is -0.472 e. The Morgan fingerprint density at radius 2 is 1.76 bits per heavy atom. The van der Waals surface area contributed by atoms with Crippen molar-refractivity contribution >= 4 is 21.9 Å². The van der Waals surface area contributed by atoms with Crippen molar-refractivity contribution in [3.8, 4) is 11.3 Å². The first-order valence-corrected chi connectivity index (χ1v) is 8.71. The van der Waals surface area contributed by atoms with E-state index in [9.17, 15) is 4.79 Å². The zero-order chi connectivity index (χ0) is 19.3. The summed E-state index contributed by atoms with van der Waals surface area (Å²) < 4.78 is 6.99. The van der Waals surface area contributed by atoms with Crippen LogP contribution in [0, 0.1) is 19.2 Å². The molecule has 0 saturated heterocycles. The van der Waals surface area contributed by atoms with Gasteiger partial charge in [0.15, 0.2) is 0 Å². The van der Waals surface area contributed by atoms with E-state index in [0.29, 0.717) is 16.5 Å². The third kappa shape index (κ3) is 4.43. The van der Waals surface area contributed by atoms with Crippen molar-refractivity contribution in [3.05, 3.63) is 115 Å². The number of pyridine rings is 2. The maximum absolute atomic E-state index is 11.6. The van der Waals surface area contributed by atoms with E-state index in [1.165, 1.54) is 0 Å². The van der Waals surface area contributed by atoms with Crippen molar-refractivity contribution in [1.29, 1.82) is 0 Å². The van der Waals surface area contributed by atoms with Gasteiger partial charge in [-0.25, -0.2) is 4.79 Å². The van der Waals surface area contributed by atoms with E-state index < -0.39 is 0 Å². The van der Waals surface area contributed by atoms with E-state index in [0.717, 1.165) is 16.6 Å². The van der Waals surface area contributed by atoms with E-state index >= 15 is 0 Å². The largest absolute Gasteiger partial charge is 3.00 e. The Labute approximate surface area is 181 Å². The molecule has 0 aliphatic heterocycles. The molecule has 2 aromatic carbocycles. The van der Waals surface area contributed by atoms with Crippen LogP contribution in [0.4, 0.5) is 0 Å². The molecular weight excluding hydrogens is 540 g/mol. The van der Waals surface area contributed by atoms with Gasteiger partial charge in [0, 0.05) is 29.7 Å². The number of rotatable bonds is 1. The molecule has 29 heavy (non-hydrogen) atoms. The molecule has 5 aromatic rings. The minimum absolute atomic E-state index is 0. The molecule has 0 saturated carbocycles. The smallest absolute Gasteiger partial charge is 0.472 e. The van der Waals surface area contributed by atoms with Gasteiger partial charge in [0.25, 0.3) is 0 Å². The second-order valence-corrected chi connectivity index (χ2v) is 6.03. The maximum atomic E-state index is 11.6. The summed E-state index contributed by atoms with van der Waals surface area (Å²) in [6.45, 7) is 0. The fourth-order valence-electron chi connectivity index (χ4n) is 2.89. The molecule has 0 bridgehead atoms. The van der Waals surface area contributed by atoms with E-state index in [2.05, 4.69) is 24.2 Å². The summed E-state index contributed by atoms with van der Waals surface area (Å²) in [7, 11) is 3.89. The summed E-state index contributed by atoms with van der Waals surface area (Å²) in [4.78, 5) is 15.8. The first-order valence-electron chi connectivity index (χ1n) is 8.71. The summed E-state index contributed by atoms with van der Waals surface area (Å²) in [6, 6.07) is 28.8. The number of aromatic nitrogens is 2. The van der Waals surface area contributed by atoms with Crippen LogP contribution < -0.4 is 10.2 Å². The third-order valence-electron chi connectivity index (χ3n) is 4.21. The molecule has 4 nitrogen and oxygen atoms in total. The van der Waals surface area contributed by atoms with Gasteiger partial charge in [0.2, 0.25) is 0 Å². The average molecular weight is 557 g/mol. The summed E-state index contributed by atoms with van der Waals surface area (Å²) in [5, 5.41) is 1.24. The minimum atomic E-state index is -0.356. The zero-order valence-electron chi connectivity index (χ0n) is 15.3. The average Bonchev–Trinajstić information content (AvgIpc) is 2.75. The molecule has 0 aliphatic carbocycles. The molecule has 5 rings (SSSR count). The van der Waals surface area contributed by atoms with Gasteiger partial charge in [-0.2, -0.15) is 0 Å². The summed E-state index contributed by atoms with van der Waals surface area (Å²) >= 11 is 0. The number of fused-ring (bicyclic) bond motifs is 3. The summed E-state index contributed by atoms with van der Waals surface area (Å²) in [5.41, 5.74) is 2.95. The van der Waals surface area contributed by atoms with Crippen LogP contribution in [0.3, 0.4) is 0 Å². The monoisotopic (exact) mass is 557 g/mol. The first-order chi connectivity index (χ1) is 13.7. The van der Waals surface area contributed by atoms with Gasteiger partial charge in [-0.05, 0) is 12.1 Å². The van der Waals surface area contributed by atoms with Crippen molar-refractivity contribution in [2.75, 3.05) is 0 Å². The third-order valence-corrected chi connectivity index (χ3v) is 4.21. The topological polar surface area (TPSA) is 47.0 Å². The van der Waals surface area contributed by atoms with E-state index in [4.69, 9.17) is 4.42 Å². The summed E-state index contributed by atoms with van der Waals surface area (Å²) in [5.74, 6) is 0. The van der Waals surface area contributed by atoms with Crippen molar-refractivity contribution in [3.63, 3.8) is 0 Å². The normalized spacial score (nSPS) is 10.1. The Morgan fingerprint density at radius 3 is 2.55 bits per heavy atom. The Morgan fingerprint density at radius 1 is 0.931 bits per heavy atom. The molecule has 3 aromatic heterocycles. The van der Waals surface area contributed by atoms with Crippen molar-refractivity contribution < 1.29 is 29.1 Å². The Kier molecular flexibility index (Phi) is 6.55. The van der Waals surface area contributed by atoms with E-state index in [1.54, 1.807) is 36.5 Å². The van der Waals surface area contributed by atoms with Crippen molar-refractivity contribution in [2.24, 2.45) is 0 Å². The molecule has 0 amide bonds. The van der Waals surface area contributed by atoms with Crippen LogP contribution in [0.5, 0.6) is 0 Å². The van der Waals surface area contributed by atoms with Crippen LogP contribution in [0.2, 0.25) is 0 Å². The van der Waals surface area contributed by atoms with Gasteiger partial charge in [-0.1, -0.05) is 29.1 Å². The molecule has 5 heteroatoms. The number of nitrogens with zero attached hydrogens (tertiary/aromatic N) is 2. The number of hydrogen-bond donors (Lipinski definition) is 0.